The molecule has 35 heavy (non-hydrogen) atoms. The Labute approximate surface area is 220 Å². The van der Waals surface area contributed by atoms with Gasteiger partial charge in [0, 0.05) is 27.5 Å². The smallest absolute Gasteiger partial charge is 0.243 e. The molecule has 0 aliphatic carbocycles. The van der Waals surface area contributed by atoms with E-state index in [9.17, 15) is 13.2 Å². The van der Waals surface area contributed by atoms with Crippen molar-refractivity contribution < 1.29 is 17.9 Å². The Morgan fingerprint density at radius 3 is 2.49 bits per heavy atom. The number of ether oxygens (including phenoxy) is 1. The first kappa shape index (κ1) is 26.0. The zero-order chi connectivity index (χ0) is 25.3. The quantitative estimate of drug-likeness (QED) is 0.380. The Morgan fingerprint density at radius 2 is 1.86 bits per heavy atom. The fourth-order valence-electron chi connectivity index (χ4n) is 4.30. The standard InChI is InChI=1S/C25H26Cl2N2O4S2/c1-16(2)29(35(31,32)19-7-5-18(33-3)6-8-19)15-24(30)28-12-10-23-21(11-13-34-23)25(28)20-9-4-17(26)14-22(20)27/h4-9,11,13-14,16,25H,10,12,15H2,1-3H3. The van der Waals surface area contributed by atoms with E-state index in [0.717, 1.165) is 11.1 Å². The summed E-state index contributed by atoms with van der Waals surface area (Å²) in [6.45, 7) is 3.70. The Morgan fingerprint density at radius 1 is 1.14 bits per heavy atom. The second-order valence-corrected chi connectivity index (χ2v) is 12.3. The molecule has 1 aromatic heterocycles. The molecule has 4 rings (SSSR count). The molecule has 0 bridgehead atoms. The number of fused-ring (bicyclic) bond motifs is 1. The van der Waals surface area contributed by atoms with Crippen LogP contribution in [0.2, 0.25) is 10.0 Å². The maximum absolute atomic E-state index is 13.7. The minimum absolute atomic E-state index is 0.107. The van der Waals surface area contributed by atoms with E-state index < -0.39 is 22.1 Å². The number of halogens is 2. The number of benzene rings is 2. The van der Waals surface area contributed by atoms with E-state index in [4.69, 9.17) is 27.9 Å². The minimum Gasteiger partial charge on any atom is -0.497 e. The third-order valence-electron chi connectivity index (χ3n) is 6.08. The van der Waals surface area contributed by atoms with Gasteiger partial charge in [0.2, 0.25) is 15.9 Å². The van der Waals surface area contributed by atoms with Crippen LogP contribution in [0.5, 0.6) is 5.75 Å². The molecule has 2 heterocycles. The SMILES string of the molecule is COc1ccc(S(=O)(=O)N(CC(=O)N2CCc3sccc3C2c2ccc(Cl)cc2Cl)C(C)C)cc1. The van der Waals surface area contributed by atoms with Crippen molar-refractivity contribution in [2.24, 2.45) is 0 Å². The van der Waals surface area contributed by atoms with Gasteiger partial charge in [0.15, 0.2) is 0 Å². The number of carbonyl (C=O) groups excluding carboxylic acids is 1. The molecular formula is C25H26Cl2N2O4S2. The number of rotatable bonds is 7. The van der Waals surface area contributed by atoms with E-state index in [1.54, 1.807) is 54.3 Å². The molecule has 0 saturated carbocycles. The third-order valence-corrected chi connectivity index (χ3v) is 9.67. The molecule has 0 radical (unpaired) electrons. The molecule has 1 amide bonds. The normalized spacial score (nSPS) is 16.0. The molecule has 6 nitrogen and oxygen atoms in total. The van der Waals surface area contributed by atoms with Crippen molar-refractivity contribution in [2.45, 2.75) is 37.2 Å². The van der Waals surface area contributed by atoms with Gasteiger partial charge < -0.3 is 9.64 Å². The van der Waals surface area contributed by atoms with E-state index >= 15 is 0 Å². The lowest BCUT2D eigenvalue weighted by molar-refractivity contribution is -0.133. The maximum atomic E-state index is 13.7. The molecule has 3 aromatic rings. The molecule has 1 atom stereocenters. The van der Waals surface area contributed by atoms with E-state index in [1.165, 1.54) is 28.4 Å². The predicted octanol–water partition coefficient (Wildman–Crippen LogP) is 5.64. The van der Waals surface area contributed by atoms with Crippen molar-refractivity contribution in [2.75, 3.05) is 20.2 Å². The summed E-state index contributed by atoms with van der Waals surface area (Å²) in [4.78, 5) is 16.7. The summed E-state index contributed by atoms with van der Waals surface area (Å²) in [6, 6.07) is 12.6. The number of methoxy groups -OCH3 is 1. The molecular weight excluding hydrogens is 527 g/mol. The van der Waals surface area contributed by atoms with Gasteiger partial charge in [0.05, 0.1) is 24.6 Å². The van der Waals surface area contributed by atoms with Gasteiger partial charge in [-0.25, -0.2) is 8.42 Å². The number of hydrogen-bond donors (Lipinski definition) is 0. The Bertz CT molecular complexity index is 1320. The molecule has 0 spiro atoms. The Kier molecular flexibility index (Phi) is 7.78. The number of hydrogen-bond acceptors (Lipinski definition) is 5. The van der Waals surface area contributed by atoms with E-state index in [-0.39, 0.29) is 17.3 Å². The van der Waals surface area contributed by atoms with Gasteiger partial charge in [-0.15, -0.1) is 11.3 Å². The fraction of sp³-hybridized carbons (Fsp3) is 0.320. The average Bonchev–Trinajstić information content (AvgIpc) is 3.31. The van der Waals surface area contributed by atoms with E-state index in [2.05, 4.69) is 0 Å². The monoisotopic (exact) mass is 552 g/mol. The first-order valence-corrected chi connectivity index (χ1v) is 14.2. The fourth-order valence-corrected chi connectivity index (χ4v) is 7.30. The Hall–Kier alpha value is -2.10. The van der Waals surface area contributed by atoms with Crippen LogP contribution in [-0.4, -0.2) is 49.8 Å². The van der Waals surface area contributed by atoms with Crippen LogP contribution in [0.15, 0.2) is 58.8 Å². The highest BCUT2D eigenvalue weighted by atomic mass is 35.5. The van der Waals surface area contributed by atoms with Crippen LogP contribution >= 0.6 is 34.5 Å². The average molecular weight is 554 g/mol. The van der Waals surface area contributed by atoms with Gasteiger partial charge in [-0.2, -0.15) is 4.31 Å². The maximum Gasteiger partial charge on any atom is 0.243 e. The third kappa shape index (κ3) is 5.22. The van der Waals surface area contributed by atoms with Crippen LogP contribution in [0.25, 0.3) is 0 Å². The second kappa shape index (κ2) is 10.5. The summed E-state index contributed by atoms with van der Waals surface area (Å²) in [6.07, 6.45) is 0.702. The lowest BCUT2D eigenvalue weighted by Crippen LogP contribution is -2.48. The van der Waals surface area contributed by atoms with Crippen LogP contribution in [0.3, 0.4) is 0 Å². The zero-order valence-electron chi connectivity index (χ0n) is 19.6. The topological polar surface area (TPSA) is 66.9 Å². The molecule has 1 aliphatic rings. The summed E-state index contributed by atoms with van der Waals surface area (Å²) in [7, 11) is -2.40. The van der Waals surface area contributed by atoms with Gasteiger partial charge in [-0.1, -0.05) is 29.3 Å². The van der Waals surface area contributed by atoms with Crippen molar-refractivity contribution in [3.05, 3.63) is 80.0 Å². The van der Waals surface area contributed by atoms with Crippen LogP contribution in [0, 0.1) is 0 Å². The molecule has 1 unspecified atom stereocenters. The summed E-state index contributed by atoms with van der Waals surface area (Å²) in [5.41, 5.74) is 1.77. The van der Waals surface area contributed by atoms with Gasteiger partial charge in [-0.05, 0) is 79.2 Å². The minimum atomic E-state index is -3.92. The van der Waals surface area contributed by atoms with Gasteiger partial charge in [0.1, 0.15) is 5.75 Å². The highest BCUT2D eigenvalue weighted by Gasteiger charge is 2.37. The predicted molar refractivity (Wildman–Crippen MR) is 140 cm³/mol. The van der Waals surface area contributed by atoms with Crippen LogP contribution in [0.4, 0.5) is 0 Å². The van der Waals surface area contributed by atoms with Crippen LogP contribution in [0.1, 0.15) is 35.9 Å². The molecule has 1 aliphatic heterocycles. The first-order valence-electron chi connectivity index (χ1n) is 11.1. The van der Waals surface area contributed by atoms with E-state index in [1.807, 2.05) is 17.5 Å². The number of nitrogens with zero attached hydrogens (tertiary/aromatic N) is 2. The van der Waals surface area contributed by atoms with Crippen molar-refractivity contribution in [3.8, 4) is 5.75 Å². The lowest BCUT2D eigenvalue weighted by Gasteiger charge is -2.38. The summed E-state index contributed by atoms with van der Waals surface area (Å²) in [5.74, 6) is 0.266. The molecule has 2 aromatic carbocycles. The number of carbonyl (C=O) groups is 1. The lowest BCUT2D eigenvalue weighted by atomic mass is 9.93. The number of sulfonamides is 1. The Balaban J connectivity index is 1.68. The van der Waals surface area contributed by atoms with Crippen LogP contribution < -0.4 is 4.74 Å². The van der Waals surface area contributed by atoms with Gasteiger partial charge >= 0.3 is 0 Å². The van der Waals surface area contributed by atoms with E-state index in [0.29, 0.717) is 28.8 Å². The molecule has 10 heteroatoms. The van der Waals surface area contributed by atoms with Gasteiger partial charge in [0.25, 0.3) is 0 Å². The molecule has 186 valence electrons. The van der Waals surface area contributed by atoms with Crippen molar-refractivity contribution >= 4 is 50.5 Å². The largest absolute Gasteiger partial charge is 0.497 e. The molecule has 0 N–H and O–H groups in total. The molecule has 0 saturated heterocycles. The van der Waals surface area contributed by atoms with Crippen molar-refractivity contribution in [1.82, 2.24) is 9.21 Å². The second-order valence-electron chi connectivity index (χ2n) is 8.52. The highest BCUT2D eigenvalue weighted by molar-refractivity contribution is 7.89. The first-order chi connectivity index (χ1) is 16.6. The highest BCUT2D eigenvalue weighted by Crippen LogP contribution is 2.41. The van der Waals surface area contributed by atoms with Crippen molar-refractivity contribution in [3.63, 3.8) is 0 Å². The van der Waals surface area contributed by atoms with Crippen molar-refractivity contribution in [1.29, 1.82) is 0 Å². The summed E-state index contributed by atoms with van der Waals surface area (Å²) in [5, 5.41) is 2.98. The summed E-state index contributed by atoms with van der Waals surface area (Å²) < 4.78 is 33.3. The molecule has 0 fully saturated rings. The van der Waals surface area contributed by atoms with Gasteiger partial charge in [-0.3, -0.25) is 4.79 Å². The summed E-state index contributed by atoms with van der Waals surface area (Å²) >= 11 is 14.3. The number of thiophene rings is 1. The number of amides is 1. The van der Waals surface area contributed by atoms with Crippen LogP contribution in [-0.2, 0) is 21.2 Å². The zero-order valence-corrected chi connectivity index (χ0v) is 22.7.